The van der Waals surface area contributed by atoms with E-state index in [1.54, 1.807) is 38.1 Å². The van der Waals surface area contributed by atoms with E-state index in [1.807, 2.05) is 6.07 Å². The van der Waals surface area contributed by atoms with Gasteiger partial charge in [0.15, 0.2) is 0 Å². The predicted molar refractivity (Wildman–Crippen MR) is 192 cm³/mol. The van der Waals surface area contributed by atoms with Gasteiger partial charge in [-0.1, -0.05) is 23.7 Å². The van der Waals surface area contributed by atoms with E-state index >= 15 is 0 Å². The summed E-state index contributed by atoms with van der Waals surface area (Å²) in [5.41, 5.74) is 14.1. The van der Waals surface area contributed by atoms with Gasteiger partial charge in [-0.2, -0.15) is 0 Å². The Bertz CT molecular complexity index is 1980. The number of primary amides is 2. The van der Waals surface area contributed by atoms with E-state index in [0.717, 1.165) is 18.7 Å². The largest absolute Gasteiger partial charge is 0.371 e. The molecule has 4 amide bonds. The lowest BCUT2D eigenvalue weighted by atomic mass is 10.1. The number of rotatable bonds is 8. The number of nitrogens with zero attached hydrogens (tertiary/aromatic N) is 2. The smallest absolute Gasteiger partial charge is 0.267 e. The molecule has 0 aliphatic carbocycles. The molecule has 272 valence electrons. The Morgan fingerprint density at radius 2 is 1.33 bits per heavy atom. The summed E-state index contributed by atoms with van der Waals surface area (Å²) in [5, 5.41) is 12.2. The number of aryl methyl sites for hydroxylation is 2. The molecule has 4 heterocycles. The van der Waals surface area contributed by atoms with Crippen LogP contribution in [-0.4, -0.2) is 73.0 Å². The minimum atomic E-state index is -0.737. The van der Waals surface area contributed by atoms with Crippen LogP contribution >= 0.6 is 11.6 Å². The number of morpholine rings is 2. The third kappa shape index (κ3) is 9.92. The molecule has 0 spiro atoms. The summed E-state index contributed by atoms with van der Waals surface area (Å²) in [6.07, 6.45) is -0.328. The normalized spacial score (nSPS) is 16.9. The number of benzene rings is 2. The highest BCUT2D eigenvalue weighted by Gasteiger charge is 2.21. The summed E-state index contributed by atoms with van der Waals surface area (Å²) in [5.74, 6) is -2.92. The molecule has 2 aromatic carbocycles. The monoisotopic (exact) mass is 732 g/mol. The lowest BCUT2D eigenvalue weighted by Crippen LogP contribution is -2.33. The topological polar surface area (TPSA) is 213 Å². The zero-order valence-corrected chi connectivity index (χ0v) is 29.2. The number of halogens is 2. The average Bonchev–Trinajstić information content (AvgIpc) is 3.13. The number of aromatic nitrogens is 2. The quantitative estimate of drug-likeness (QED) is 0.155. The molecule has 2 aliphatic rings. The van der Waals surface area contributed by atoms with Crippen molar-refractivity contribution in [2.45, 2.75) is 26.1 Å². The van der Waals surface area contributed by atoms with Crippen molar-refractivity contribution < 1.29 is 33.0 Å². The molecular weight excluding hydrogens is 695 g/mol. The highest BCUT2D eigenvalue weighted by atomic mass is 35.5. The number of hydrogen-bond acceptors (Lipinski definition) is 10. The van der Waals surface area contributed by atoms with E-state index in [0.29, 0.717) is 59.5 Å². The van der Waals surface area contributed by atoms with Crippen LogP contribution in [0.1, 0.15) is 76.4 Å². The first kappa shape index (κ1) is 37.9. The first-order valence-electron chi connectivity index (χ1n) is 16.3. The molecule has 0 bridgehead atoms. The third-order valence-corrected chi connectivity index (χ3v) is 8.34. The van der Waals surface area contributed by atoms with Crippen LogP contribution in [0.5, 0.6) is 0 Å². The standard InChI is InChI=1S/C18H19ClN4O3.C18H19FN4O3/c1-10-6-11(7-15(22-10)17(20)24)18(25)23-12-2-3-13(14(19)8-12)16-9-21-4-5-26-16;1-10-6-12(8-15(22-10)17(20)24)18(25)23-14-3-2-11(7-13(14)19)16-9-21-4-5-26-16/h2*2-3,6-8,16,21H,4-5,9H2,1H3,(H2,20,24)(H,23,25)/t2*16-/m11/s1. The summed E-state index contributed by atoms with van der Waals surface area (Å²) in [6, 6.07) is 15.5. The van der Waals surface area contributed by atoms with Crippen LogP contribution in [0.3, 0.4) is 0 Å². The Kier molecular flexibility index (Phi) is 12.6. The molecule has 2 aromatic heterocycles. The van der Waals surface area contributed by atoms with Crippen molar-refractivity contribution in [3.63, 3.8) is 0 Å². The first-order valence-corrected chi connectivity index (χ1v) is 16.7. The van der Waals surface area contributed by atoms with Gasteiger partial charge in [-0.3, -0.25) is 19.2 Å². The van der Waals surface area contributed by atoms with Crippen molar-refractivity contribution in [1.29, 1.82) is 0 Å². The summed E-state index contributed by atoms with van der Waals surface area (Å²) < 4.78 is 25.7. The molecule has 2 aliphatic heterocycles. The number of hydrogen-bond donors (Lipinski definition) is 6. The Hall–Kier alpha value is -5.32. The van der Waals surface area contributed by atoms with Crippen molar-refractivity contribution >= 4 is 46.6 Å². The van der Waals surface area contributed by atoms with Gasteiger partial charge in [0.1, 0.15) is 17.2 Å². The summed E-state index contributed by atoms with van der Waals surface area (Å²) >= 11 is 6.35. The second-order valence-corrected chi connectivity index (χ2v) is 12.4. The summed E-state index contributed by atoms with van der Waals surface area (Å²) in [6.45, 7) is 7.41. The molecule has 0 saturated carbocycles. The maximum absolute atomic E-state index is 14.4. The van der Waals surface area contributed by atoms with E-state index < -0.39 is 23.5 Å². The van der Waals surface area contributed by atoms with E-state index in [1.165, 1.54) is 30.3 Å². The minimum absolute atomic E-state index is 0.0204. The van der Waals surface area contributed by atoms with Crippen molar-refractivity contribution in [3.05, 3.63) is 117 Å². The second kappa shape index (κ2) is 17.3. The van der Waals surface area contributed by atoms with E-state index in [-0.39, 0.29) is 40.8 Å². The van der Waals surface area contributed by atoms with Crippen LogP contribution in [0.4, 0.5) is 15.8 Å². The third-order valence-electron chi connectivity index (χ3n) is 8.01. The summed E-state index contributed by atoms with van der Waals surface area (Å²) in [7, 11) is 0. The van der Waals surface area contributed by atoms with Crippen LogP contribution < -0.4 is 32.7 Å². The maximum atomic E-state index is 14.4. The average molecular weight is 733 g/mol. The molecule has 2 saturated heterocycles. The second-order valence-electron chi connectivity index (χ2n) is 12.0. The Labute approximate surface area is 303 Å². The van der Waals surface area contributed by atoms with Crippen molar-refractivity contribution in [1.82, 2.24) is 20.6 Å². The van der Waals surface area contributed by atoms with Gasteiger partial charge in [0.2, 0.25) is 0 Å². The molecule has 52 heavy (non-hydrogen) atoms. The molecule has 0 unspecified atom stereocenters. The zero-order chi connectivity index (χ0) is 37.4. The Balaban J connectivity index is 0.000000201. The SMILES string of the molecule is Cc1cc(C(=O)Nc2ccc([C@H]3CNCCO3)c(Cl)c2)cc(C(N)=O)n1.Cc1cc(C(=O)Nc2ccc([C@H]3CNCCO3)cc2F)cc(C(N)=O)n1. The van der Waals surface area contributed by atoms with Crippen LogP contribution in [0.15, 0.2) is 60.7 Å². The van der Waals surface area contributed by atoms with Gasteiger partial charge in [-0.25, -0.2) is 14.4 Å². The van der Waals surface area contributed by atoms with E-state index in [9.17, 15) is 23.6 Å². The molecular formula is C36H38ClFN8O6. The fraction of sp³-hybridized carbons (Fsp3) is 0.278. The molecule has 2 atom stereocenters. The van der Waals surface area contributed by atoms with Gasteiger partial charge in [-0.15, -0.1) is 0 Å². The van der Waals surface area contributed by atoms with Crippen molar-refractivity contribution in [3.8, 4) is 0 Å². The van der Waals surface area contributed by atoms with Crippen LogP contribution in [-0.2, 0) is 9.47 Å². The van der Waals surface area contributed by atoms with Crippen LogP contribution in [0, 0.1) is 19.7 Å². The number of carbonyl (C=O) groups excluding carboxylic acids is 4. The Morgan fingerprint density at radius 1 is 0.769 bits per heavy atom. The van der Waals surface area contributed by atoms with Gasteiger partial charge in [-0.05, 0) is 67.9 Å². The molecule has 2 fully saturated rings. The van der Waals surface area contributed by atoms with Crippen molar-refractivity contribution in [2.24, 2.45) is 11.5 Å². The number of amides is 4. The fourth-order valence-electron chi connectivity index (χ4n) is 5.49. The number of carbonyl (C=O) groups is 4. The van der Waals surface area contributed by atoms with Gasteiger partial charge < -0.3 is 42.2 Å². The zero-order valence-electron chi connectivity index (χ0n) is 28.4. The lowest BCUT2D eigenvalue weighted by molar-refractivity contribution is 0.0275. The summed E-state index contributed by atoms with van der Waals surface area (Å²) in [4.78, 5) is 55.4. The Morgan fingerprint density at radius 3 is 1.83 bits per heavy atom. The van der Waals surface area contributed by atoms with Crippen LogP contribution in [0.2, 0.25) is 5.02 Å². The molecule has 0 radical (unpaired) electrons. The fourth-order valence-corrected chi connectivity index (χ4v) is 5.80. The number of pyridine rings is 2. The molecule has 16 heteroatoms. The van der Waals surface area contributed by atoms with Crippen molar-refractivity contribution in [2.75, 3.05) is 50.0 Å². The van der Waals surface area contributed by atoms with E-state index in [4.69, 9.17) is 32.5 Å². The highest BCUT2D eigenvalue weighted by molar-refractivity contribution is 6.31. The maximum Gasteiger partial charge on any atom is 0.267 e. The molecule has 4 aromatic rings. The van der Waals surface area contributed by atoms with E-state index in [2.05, 4.69) is 31.2 Å². The number of nitrogens with two attached hydrogens (primary N) is 2. The van der Waals surface area contributed by atoms with Crippen LogP contribution in [0.25, 0.3) is 0 Å². The van der Waals surface area contributed by atoms with Gasteiger partial charge in [0.25, 0.3) is 23.6 Å². The molecule has 6 rings (SSSR count). The van der Waals surface area contributed by atoms with Gasteiger partial charge >= 0.3 is 0 Å². The molecule has 14 nitrogen and oxygen atoms in total. The van der Waals surface area contributed by atoms with Gasteiger partial charge in [0.05, 0.1) is 31.1 Å². The highest BCUT2D eigenvalue weighted by Crippen LogP contribution is 2.29. The number of anilines is 2. The first-order chi connectivity index (χ1) is 24.9. The number of ether oxygens (including phenoxy) is 2. The van der Waals surface area contributed by atoms with Gasteiger partial charge in [0, 0.05) is 65.0 Å². The lowest BCUT2D eigenvalue weighted by Gasteiger charge is -2.25. The molecule has 8 N–H and O–H groups in total. The minimum Gasteiger partial charge on any atom is -0.371 e. The predicted octanol–water partition coefficient (Wildman–Crippen LogP) is 3.60. The number of nitrogens with one attached hydrogen (secondary N) is 4.